The van der Waals surface area contributed by atoms with Gasteiger partial charge in [0.15, 0.2) is 21.5 Å². The van der Waals surface area contributed by atoms with E-state index in [9.17, 15) is 12.8 Å². The zero-order chi connectivity index (χ0) is 12.6. The summed E-state index contributed by atoms with van der Waals surface area (Å²) in [6, 6.07) is 0. The number of aryl methyl sites for hydroxylation is 1. The number of sulfone groups is 1. The monoisotopic (exact) mass is 259 g/mol. The van der Waals surface area contributed by atoms with Crippen LogP contribution in [0.15, 0.2) is 0 Å². The van der Waals surface area contributed by atoms with Gasteiger partial charge < -0.3 is 5.32 Å². The summed E-state index contributed by atoms with van der Waals surface area (Å²) in [6.07, 6.45) is 0.510. The zero-order valence-corrected chi connectivity index (χ0v) is 10.5. The minimum absolute atomic E-state index is 0.0568. The Hall–Kier alpha value is -1.24. The van der Waals surface area contributed by atoms with Crippen molar-refractivity contribution in [3.63, 3.8) is 0 Å². The van der Waals surface area contributed by atoms with E-state index >= 15 is 0 Å². The number of aromatic nitrogens is 2. The van der Waals surface area contributed by atoms with Gasteiger partial charge in [0, 0.05) is 13.0 Å². The molecule has 1 aromatic rings. The summed E-state index contributed by atoms with van der Waals surface area (Å²) in [4.78, 5) is 8.08. The first kappa shape index (κ1) is 12.2. The molecule has 0 spiro atoms. The van der Waals surface area contributed by atoms with Gasteiger partial charge >= 0.3 is 0 Å². The molecule has 0 bridgehead atoms. The van der Waals surface area contributed by atoms with Crippen molar-refractivity contribution in [2.45, 2.75) is 19.3 Å². The Morgan fingerprint density at radius 1 is 1.41 bits per heavy atom. The predicted octanol–water partition coefficient (Wildman–Crippen LogP) is 0.868. The first-order valence-electron chi connectivity index (χ1n) is 5.35. The van der Waals surface area contributed by atoms with E-state index in [0.717, 1.165) is 0 Å². The predicted molar refractivity (Wildman–Crippen MR) is 62.3 cm³/mol. The molecule has 1 unspecified atom stereocenters. The second-order valence-electron chi connectivity index (χ2n) is 4.18. The minimum Gasteiger partial charge on any atom is -0.371 e. The Kier molecular flexibility index (Phi) is 3.03. The summed E-state index contributed by atoms with van der Waals surface area (Å²) >= 11 is 0. The highest BCUT2D eigenvalue weighted by atomic mass is 32.2. The van der Waals surface area contributed by atoms with E-state index in [-0.39, 0.29) is 28.9 Å². The van der Waals surface area contributed by atoms with E-state index in [1.165, 1.54) is 0 Å². The summed E-state index contributed by atoms with van der Waals surface area (Å²) in [6.45, 7) is 1.55. The number of halogens is 1. The molecule has 1 fully saturated rings. The summed E-state index contributed by atoms with van der Waals surface area (Å²) < 4.78 is 36.3. The second kappa shape index (κ2) is 4.21. The lowest BCUT2D eigenvalue weighted by atomic mass is 10.1. The van der Waals surface area contributed by atoms with Crippen molar-refractivity contribution in [2.75, 3.05) is 23.9 Å². The van der Waals surface area contributed by atoms with Gasteiger partial charge in [0.25, 0.3) is 0 Å². The Labute approximate surface area is 99.4 Å². The van der Waals surface area contributed by atoms with Gasteiger partial charge in [-0.15, -0.1) is 0 Å². The summed E-state index contributed by atoms with van der Waals surface area (Å²) in [5.74, 6) is 0.0442. The van der Waals surface area contributed by atoms with Crippen LogP contribution in [0.1, 0.15) is 23.9 Å². The van der Waals surface area contributed by atoms with Crippen molar-refractivity contribution in [1.82, 2.24) is 9.97 Å². The van der Waals surface area contributed by atoms with Crippen molar-refractivity contribution in [3.8, 4) is 0 Å². The van der Waals surface area contributed by atoms with Gasteiger partial charge in [0.2, 0.25) is 0 Å². The maximum atomic E-state index is 13.5. The lowest BCUT2D eigenvalue weighted by molar-refractivity contribution is 0.591. The quantitative estimate of drug-likeness (QED) is 0.853. The van der Waals surface area contributed by atoms with Crippen LogP contribution < -0.4 is 5.32 Å². The number of nitrogens with zero attached hydrogens (tertiary/aromatic N) is 2. The van der Waals surface area contributed by atoms with Crippen LogP contribution >= 0.6 is 0 Å². The van der Waals surface area contributed by atoms with E-state index in [0.29, 0.717) is 12.2 Å². The molecule has 0 amide bonds. The molecule has 0 saturated carbocycles. The van der Waals surface area contributed by atoms with Gasteiger partial charge in [-0.2, -0.15) is 0 Å². The molecule has 2 rings (SSSR count). The van der Waals surface area contributed by atoms with Gasteiger partial charge in [0.1, 0.15) is 5.82 Å². The molecule has 7 heteroatoms. The second-order valence-corrected chi connectivity index (χ2v) is 6.41. The summed E-state index contributed by atoms with van der Waals surface area (Å²) in [5.41, 5.74) is 0.239. The average Bonchev–Trinajstić information content (AvgIpc) is 2.62. The third-order valence-electron chi connectivity index (χ3n) is 2.87. The first-order chi connectivity index (χ1) is 7.93. The molecule has 1 aromatic heterocycles. The third kappa shape index (κ3) is 2.38. The van der Waals surface area contributed by atoms with Crippen molar-refractivity contribution in [2.24, 2.45) is 0 Å². The Balaban J connectivity index is 2.37. The van der Waals surface area contributed by atoms with Gasteiger partial charge in [0.05, 0.1) is 17.2 Å². The van der Waals surface area contributed by atoms with Crippen LogP contribution in [0.25, 0.3) is 0 Å². The smallest absolute Gasteiger partial charge is 0.186 e. The fourth-order valence-electron chi connectivity index (χ4n) is 1.93. The van der Waals surface area contributed by atoms with Crippen LogP contribution in [0.2, 0.25) is 0 Å². The minimum atomic E-state index is -2.98. The first-order valence-corrected chi connectivity index (χ1v) is 7.17. The van der Waals surface area contributed by atoms with E-state index < -0.39 is 15.7 Å². The molecule has 1 aliphatic rings. The number of hydrogen-bond acceptors (Lipinski definition) is 5. The van der Waals surface area contributed by atoms with Crippen LogP contribution in [0, 0.1) is 12.7 Å². The van der Waals surface area contributed by atoms with E-state index in [1.54, 1.807) is 14.0 Å². The molecule has 5 nitrogen and oxygen atoms in total. The standard InChI is InChI=1S/C10H14FN3O2S/c1-6-8(11)10(12-2)14-9(13-6)7-3-4-17(15,16)5-7/h7H,3-5H2,1-2H3,(H,12,13,14). The highest BCUT2D eigenvalue weighted by Crippen LogP contribution is 2.28. The molecule has 0 aliphatic carbocycles. The summed E-state index contributed by atoms with van der Waals surface area (Å²) in [5, 5.41) is 2.65. The van der Waals surface area contributed by atoms with Gasteiger partial charge in [-0.05, 0) is 13.3 Å². The molecular weight excluding hydrogens is 245 g/mol. The van der Waals surface area contributed by atoms with E-state index in [1.807, 2.05) is 0 Å². The largest absolute Gasteiger partial charge is 0.371 e. The number of nitrogens with one attached hydrogen (secondary N) is 1. The lowest BCUT2D eigenvalue weighted by Crippen LogP contribution is -2.11. The molecule has 2 heterocycles. The molecular formula is C10H14FN3O2S. The Morgan fingerprint density at radius 3 is 2.65 bits per heavy atom. The van der Waals surface area contributed by atoms with Gasteiger partial charge in [-0.1, -0.05) is 0 Å². The average molecular weight is 259 g/mol. The topological polar surface area (TPSA) is 72.0 Å². The van der Waals surface area contributed by atoms with Gasteiger partial charge in [-0.25, -0.2) is 22.8 Å². The molecule has 94 valence electrons. The van der Waals surface area contributed by atoms with Crippen LogP contribution in [-0.2, 0) is 9.84 Å². The van der Waals surface area contributed by atoms with Crippen molar-refractivity contribution in [1.29, 1.82) is 0 Å². The fourth-order valence-corrected chi connectivity index (χ4v) is 3.67. The number of hydrogen-bond donors (Lipinski definition) is 1. The maximum Gasteiger partial charge on any atom is 0.186 e. The molecule has 0 aromatic carbocycles. The summed E-state index contributed by atoms with van der Waals surface area (Å²) in [7, 11) is -1.41. The zero-order valence-electron chi connectivity index (χ0n) is 9.70. The maximum absolute atomic E-state index is 13.5. The van der Waals surface area contributed by atoms with E-state index in [4.69, 9.17) is 0 Å². The highest BCUT2D eigenvalue weighted by molar-refractivity contribution is 7.91. The molecule has 1 N–H and O–H groups in total. The van der Waals surface area contributed by atoms with E-state index in [2.05, 4.69) is 15.3 Å². The Morgan fingerprint density at radius 2 is 2.12 bits per heavy atom. The fraction of sp³-hybridized carbons (Fsp3) is 0.600. The van der Waals surface area contributed by atoms with Crippen molar-refractivity contribution < 1.29 is 12.8 Å². The van der Waals surface area contributed by atoms with Crippen LogP contribution in [0.5, 0.6) is 0 Å². The third-order valence-corrected chi connectivity index (χ3v) is 4.64. The highest BCUT2D eigenvalue weighted by Gasteiger charge is 2.31. The van der Waals surface area contributed by atoms with Crippen molar-refractivity contribution >= 4 is 15.7 Å². The SMILES string of the molecule is CNc1nc(C2CCS(=O)(=O)C2)nc(C)c1F. The number of anilines is 1. The molecule has 0 radical (unpaired) electrons. The Bertz CT molecular complexity index is 545. The lowest BCUT2D eigenvalue weighted by Gasteiger charge is -2.10. The van der Waals surface area contributed by atoms with Crippen molar-refractivity contribution in [3.05, 3.63) is 17.3 Å². The molecule has 1 aliphatic heterocycles. The van der Waals surface area contributed by atoms with Crippen LogP contribution in [0.4, 0.5) is 10.2 Å². The van der Waals surface area contributed by atoms with Gasteiger partial charge in [-0.3, -0.25) is 0 Å². The molecule has 1 saturated heterocycles. The normalized spacial score (nSPS) is 22.6. The molecule has 1 atom stereocenters. The number of rotatable bonds is 2. The van der Waals surface area contributed by atoms with Crippen LogP contribution in [-0.4, -0.2) is 36.9 Å². The molecule has 17 heavy (non-hydrogen) atoms. The van der Waals surface area contributed by atoms with Crippen LogP contribution in [0.3, 0.4) is 0 Å².